The van der Waals surface area contributed by atoms with Crippen molar-refractivity contribution in [3.05, 3.63) is 23.8 Å². The third-order valence-electron chi connectivity index (χ3n) is 2.49. The Morgan fingerprint density at radius 3 is 2.63 bits per heavy atom. The van der Waals surface area contributed by atoms with Gasteiger partial charge >= 0.3 is 6.18 Å². The second kappa shape index (κ2) is 5.92. The lowest BCUT2D eigenvalue weighted by Gasteiger charge is -2.16. The second-order valence-electron chi connectivity index (χ2n) is 4.11. The van der Waals surface area contributed by atoms with Gasteiger partial charge in [0.2, 0.25) is 5.91 Å². The number of anilines is 2. The zero-order valence-electron chi connectivity index (χ0n) is 10.5. The number of ether oxygens (including phenoxy) is 1. The first-order valence-electron chi connectivity index (χ1n) is 5.54. The van der Waals surface area contributed by atoms with E-state index in [0.29, 0.717) is 11.4 Å². The third-order valence-corrected chi connectivity index (χ3v) is 2.49. The van der Waals surface area contributed by atoms with Crippen molar-refractivity contribution in [2.45, 2.75) is 26.1 Å². The predicted molar refractivity (Wildman–Crippen MR) is 65.7 cm³/mol. The van der Waals surface area contributed by atoms with Crippen LogP contribution in [-0.2, 0) is 9.53 Å². The van der Waals surface area contributed by atoms with Crippen LogP contribution < -0.4 is 11.1 Å². The second-order valence-corrected chi connectivity index (χ2v) is 4.11. The lowest BCUT2D eigenvalue weighted by Crippen LogP contribution is -2.32. The third kappa shape index (κ3) is 4.78. The molecule has 0 aliphatic heterocycles. The molecule has 0 aromatic heterocycles. The molecule has 0 radical (unpaired) electrons. The summed E-state index contributed by atoms with van der Waals surface area (Å²) in [6, 6.07) is 4.83. The molecule has 106 valence electrons. The molecule has 19 heavy (non-hydrogen) atoms. The van der Waals surface area contributed by atoms with E-state index in [1.807, 2.05) is 0 Å². The average molecular weight is 276 g/mol. The Bertz CT molecular complexity index is 461. The standard InChI is InChI=1S/C12H15F3N2O2/c1-7-3-4-9(5-10(7)16)17-11(18)6-19-8(2)12(13,14)15/h3-5,8H,6,16H2,1-2H3,(H,17,18). The van der Waals surface area contributed by atoms with Crippen LogP contribution in [0.25, 0.3) is 0 Å². The highest BCUT2D eigenvalue weighted by atomic mass is 19.4. The molecule has 0 fully saturated rings. The number of hydrogen-bond donors (Lipinski definition) is 2. The molecular formula is C12H15F3N2O2. The van der Waals surface area contributed by atoms with E-state index in [1.165, 1.54) is 6.07 Å². The monoisotopic (exact) mass is 276 g/mol. The highest BCUT2D eigenvalue weighted by Gasteiger charge is 2.37. The van der Waals surface area contributed by atoms with Gasteiger partial charge in [0.25, 0.3) is 0 Å². The summed E-state index contributed by atoms with van der Waals surface area (Å²) < 4.78 is 40.9. The maximum Gasteiger partial charge on any atom is 0.414 e. The molecule has 0 heterocycles. The first kappa shape index (κ1) is 15.3. The zero-order valence-corrected chi connectivity index (χ0v) is 10.5. The molecule has 1 rings (SSSR count). The normalized spacial score (nSPS) is 13.1. The van der Waals surface area contributed by atoms with Crippen LogP contribution in [0, 0.1) is 6.92 Å². The molecule has 0 aliphatic carbocycles. The van der Waals surface area contributed by atoms with Gasteiger partial charge in [0.15, 0.2) is 6.10 Å². The van der Waals surface area contributed by atoms with Gasteiger partial charge in [-0.2, -0.15) is 13.2 Å². The van der Waals surface area contributed by atoms with Gasteiger partial charge < -0.3 is 15.8 Å². The van der Waals surface area contributed by atoms with Gasteiger partial charge in [0.1, 0.15) is 6.61 Å². The fraction of sp³-hybridized carbons (Fsp3) is 0.417. The predicted octanol–water partition coefficient (Wildman–Crippen LogP) is 2.48. The highest BCUT2D eigenvalue weighted by Crippen LogP contribution is 2.22. The largest absolute Gasteiger partial charge is 0.414 e. The maximum atomic E-state index is 12.2. The van der Waals surface area contributed by atoms with Gasteiger partial charge in [-0.25, -0.2) is 0 Å². The van der Waals surface area contributed by atoms with Gasteiger partial charge in [0, 0.05) is 11.4 Å². The van der Waals surface area contributed by atoms with Crippen molar-refractivity contribution in [2.24, 2.45) is 0 Å². The molecule has 1 aromatic carbocycles. The zero-order chi connectivity index (χ0) is 14.6. The summed E-state index contributed by atoms with van der Waals surface area (Å²) in [5, 5.41) is 2.41. The van der Waals surface area contributed by atoms with E-state index in [-0.39, 0.29) is 0 Å². The van der Waals surface area contributed by atoms with E-state index in [0.717, 1.165) is 12.5 Å². The van der Waals surface area contributed by atoms with E-state index in [4.69, 9.17) is 5.73 Å². The fourth-order valence-corrected chi connectivity index (χ4v) is 1.21. The van der Waals surface area contributed by atoms with Gasteiger partial charge in [0.05, 0.1) is 0 Å². The molecule has 0 spiro atoms. The lowest BCUT2D eigenvalue weighted by molar-refractivity contribution is -0.213. The number of halogens is 3. The van der Waals surface area contributed by atoms with Gasteiger partial charge in [-0.1, -0.05) is 6.07 Å². The number of benzene rings is 1. The number of aryl methyl sites for hydroxylation is 1. The van der Waals surface area contributed by atoms with Crippen LogP contribution in [0.4, 0.5) is 24.5 Å². The summed E-state index contributed by atoms with van der Waals surface area (Å²) in [7, 11) is 0. The molecule has 0 aliphatic rings. The van der Waals surface area contributed by atoms with Gasteiger partial charge in [-0.3, -0.25) is 4.79 Å². The minimum absolute atomic E-state index is 0.413. The SMILES string of the molecule is Cc1ccc(NC(=O)COC(C)C(F)(F)F)cc1N. The molecular weight excluding hydrogens is 261 g/mol. The van der Waals surface area contributed by atoms with Crippen LogP contribution >= 0.6 is 0 Å². The topological polar surface area (TPSA) is 64.3 Å². The Kier molecular flexibility index (Phi) is 4.77. The fourth-order valence-electron chi connectivity index (χ4n) is 1.21. The van der Waals surface area contributed by atoms with Crippen LogP contribution in [-0.4, -0.2) is 24.8 Å². The molecule has 4 nitrogen and oxygen atoms in total. The van der Waals surface area contributed by atoms with Crippen LogP contribution in [0.15, 0.2) is 18.2 Å². The number of alkyl halides is 3. The quantitative estimate of drug-likeness (QED) is 0.830. The summed E-state index contributed by atoms with van der Waals surface area (Å²) in [6.45, 7) is 1.97. The number of amides is 1. The van der Waals surface area contributed by atoms with E-state index < -0.39 is 24.8 Å². The molecule has 1 amide bonds. The summed E-state index contributed by atoms with van der Waals surface area (Å²) >= 11 is 0. The lowest BCUT2D eigenvalue weighted by atomic mass is 10.2. The summed E-state index contributed by atoms with van der Waals surface area (Å²) in [5.41, 5.74) is 7.39. The smallest absolute Gasteiger partial charge is 0.398 e. The summed E-state index contributed by atoms with van der Waals surface area (Å²) in [6.07, 6.45) is -6.46. The molecule has 3 N–H and O–H groups in total. The Morgan fingerprint density at radius 2 is 2.11 bits per heavy atom. The number of nitrogens with one attached hydrogen (secondary N) is 1. The van der Waals surface area contributed by atoms with E-state index in [1.54, 1.807) is 19.1 Å². The molecule has 0 bridgehead atoms. The number of carbonyl (C=O) groups excluding carboxylic acids is 1. The van der Waals surface area contributed by atoms with E-state index in [2.05, 4.69) is 10.1 Å². The Balaban J connectivity index is 2.49. The van der Waals surface area contributed by atoms with Crippen molar-refractivity contribution in [3.8, 4) is 0 Å². The number of nitrogens with two attached hydrogens (primary N) is 1. The number of nitrogen functional groups attached to an aromatic ring is 1. The van der Waals surface area contributed by atoms with Crippen molar-refractivity contribution in [2.75, 3.05) is 17.7 Å². The van der Waals surface area contributed by atoms with Crippen molar-refractivity contribution in [3.63, 3.8) is 0 Å². The average Bonchev–Trinajstić information content (AvgIpc) is 2.29. The van der Waals surface area contributed by atoms with Crippen LogP contribution in [0.2, 0.25) is 0 Å². The molecule has 1 unspecified atom stereocenters. The van der Waals surface area contributed by atoms with Crippen molar-refractivity contribution < 1.29 is 22.7 Å². The number of hydrogen-bond acceptors (Lipinski definition) is 3. The minimum atomic E-state index is -4.48. The Morgan fingerprint density at radius 1 is 1.47 bits per heavy atom. The van der Waals surface area contributed by atoms with Crippen molar-refractivity contribution in [1.29, 1.82) is 0 Å². The number of carbonyl (C=O) groups is 1. The minimum Gasteiger partial charge on any atom is -0.398 e. The van der Waals surface area contributed by atoms with Gasteiger partial charge in [-0.05, 0) is 31.5 Å². The van der Waals surface area contributed by atoms with Crippen LogP contribution in [0.5, 0.6) is 0 Å². The van der Waals surface area contributed by atoms with Gasteiger partial charge in [-0.15, -0.1) is 0 Å². The molecule has 0 saturated heterocycles. The molecule has 7 heteroatoms. The highest BCUT2D eigenvalue weighted by molar-refractivity contribution is 5.92. The van der Waals surface area contributed by atoms with E-state index >= 15 is 0 Å². The number of rotatable bonds is 4. The van der Waals surface area contributed by atoms with Crippen LogP contribution in [0.3, 0.4) is 0 Å². The first-order valence-corrected chi connectivity index (χ1v) is 5.54. The maximum absolute atomic E-state index is 12.2. The van der Waals surface area contributed by atoms with Crippen molar-refractivity contribution >= 4 is 17.3 Å². The summed E-state index contributed by atoms with van der Waals surface area (Å²) in [5.74, 6) is -0.667. The summed E-state index contributed by atoms with van der Waals surface area (Å²) in [4.78, 5) is 11.4. The first-order chi connectivity index (χ1) is 8.70. The molecule has 0 saturated carbocycles. The van der Waals surface area contributed by atoms with Crippen LogP contribution in [0.1, 0.15) is 12.5 Å². The Labute approximate surface area is 108 Å². The van der Waals surface area contributed by atoms with Crippen molar-refractivity contribution in [1.82, 2.24) is 0 Å². The molecule has 1 atom stereocenters. The van der Waals surface area contributed by atoms with E-state index in [9.17, 15) is 18.0 Å². The Hall–Kier alpha value is -1.76. The molecule has 1 aromatic rings.